The molecule has 1 saturated carbocycles. The molecule has 0 heterocycles. The van der Waals surface area contributed by atoms with Crippen LogP contribution in [0.5, 0.6) is 0 Å². The molecule has 94 valence electrons. The van der Waals surface area contributed by atoms with Gasteiger partial charge in [-0.3, -0.25) is 0 Å². The van der Waals surface area contributed by atoms with Crippen LogP contribution in [0.2, 0.25) is 5.02 Å². The lowest BCUT2D eigenvalue weighted by Gasteiger charge is -2.27. The van der Waals surface area contributed by atoms with Crippen LogP contribution in [0.25, 0.3) is 0 Å². The van der Waals surface area contributed by atoms with Gasteiger partial charge in [-0.15, -0.1) is 0 Å². The van der Waals surface area contributed by atoms with Crippen molar-refractivity contribution in [1.82, 2.24) is 0 Å². The molecule has 1 aliphatic rings. The van der Waals surface area contributed by atoms with Crippen LogP contribution in [-0.2, 0) is 4.74 Å². The van der Waals surface area contributed by atoms with Crippen LogP contribution in [-0.4, -0.2) is 11.4 Å². The second-order valence-corrected chi connectivity index (χ2v) is 5.68. The number of hydrogen-bond acceptors (Lipinski definition) is 1. The summed E-state index contributed by atoms with van der Waals surface area (Å²) < 4.78 is 6.18. The van der Waals surface area contributed by atoms with E-state index in [4.69, 9.17) is 16.3 Å². The van der Waals surface area contributed by atoms with Crippen molar-refractivity contribution in [1.29, 1.82) is 0 Å². The molecule has 1 unspecified atom stereocenters. The Labute approximate surface area is 117 Å². The third-order valence-electron chi connectivity index (χ3n) is 3.27. The van der Waals surface area contributed by atoms with Crippen LogP contribution in [0.4, 0.5) is 0 Å². The first-order chi connectivity index (χ1) is 8.29. The van der Waals surface area contributed by atoms with Gasteiger partial charge in [0.2, 0.25) is 0 Å². The van der Waals surface area contributed by atoms with E-state index in [-0.39, 0.29) is 6.10 Å². The Hall–Kier alpha value is -0.0500. The van der Waals surface area contributed by atoms with Gasteiger partial charge >= 0.3 is 0 Å². The molecule has 17 heavy (non-hydrogen) atoms. The molecule has 1 nitrogen and oxygen atoms in total. The van der Waals surface area contributed by atoms with E-state index in [1.54, 1.807) is 0 Å². The second kappa shape index (κ2) is 6.77. The minimum absolute atomic E-state index is 0.122. The molecule has 1 aliphatic carbocycles. The molecule has 0 saturated heterocycles. The summed E-state index contributed by atoms with van der Waals surface area (Å²) in [4.78, 5) is 0. The van der Waals surface area contributed by atoms with E-state index < -0.39 is 0 Å². The molecule has 0 aromatic heterocycles. The molecular formula is C14H18BrClO. The van der Waals surface area contributed by atoms with E-state index in [2.05, 4.69) is 22.0 Å². The lowest BCUT2D eigenvalue weighted by molar-refractivity contribution is -0.0193. The van der Waals surface area contributed by atoms with E-state index in [9.17, 15) is 0 Å². The highest BCUT2D eigenvalue weighted by Crippen LogP contribution is 2.29. The summed E-state index contributed by atoms with van der Waals surface area (Å²) in [6, 6.07) is 7.96. The molecule has 1 aromatic carbocycles. The fraction of sp³-hybridized carbons (Fsp3) is 0.571. The van der Waals surface area contributed by atoms with Gasteiger partial charge in [-0.1, -0.05) is 58.9 Å². The van der Waals surface area contributed by atoms with Crippen LogP contribution >= 0.6 is 27.5 Å². The fourth-order valence-electron chi connectivity index (χ4n) is 2.34. The van der Waals surface area contributed by atoms with Crippen molar-refractivity contribution in [2.45, 2.75) is 44.3 Å². The number of ether oxygens (including phenoxy) is 1. The van der Waals surface area contributed by atoms with Crippen molar-refractivity contribution in [3.63, 3.8) is 0 Å². The summed E-state index contributed by atoms with van der Waals surface area (Å²) in [6.07, 6.45) is 6.90. The first-order valence-corrected chi connectivity index (χ1v) is 7.76. The molecule has 1 aromatic rings. The van der Waals surface area contributed by atoms with Gasteiger partial charge in [0, 0.05) is 10.4 Å². The Morgan fingerprint density at radius 1 is 1.29 bits per heavy atom. The molecule has 0 aliphatic heterocycles. The third-order valence-corrected chi connectivity index (χ3v) is 4.09. The lowest BCUT2D eigenvalue weighted by Crippen LogP contribution is -2.20. The number of hydrogen-bond donors (Lipinski definition) is 0. The van der Waals surface area contributed by atoms with Crippen molar-refractivity contribution < 1.29 is 4.74 Å². The SMILES string of the molecule is Clc1cccc(C(CBr)OC2CCCCC2)c1. The van der Waals surface area contributed by atoms with Crippen LogP contribution in [0.15, 0.2) is 24.3 Å². The minimum Gasteiger partial charge on any atom is -0.369 e. The van der Waals surface area contributed by atoms with Gasteiger partial charge in [0.15, 0.2) is 0 Å². The summed E-state index contributed by atoms with van der Waals surface area (Å²) in [5, 5.41) is 1.60. The molecule has 0 N–H and O–H groups in total. The smallest absolute Gasteiger partial charge is 0.0925 e. The van der Waals surface area contributed by atoms with Gasteiger partial charge in [-0.25, -0.2) is 0 Å². The largest absolute Gasteiger partial charge is 0.369 e. The van der Waals surface area contributed by atoms with Gasteiger partial charge in [0.1, 0.15) is 0 Å². The average Bonchev–Trinajstić information content (AvgIpc) is 2.37. The first-order valence-electron chi connectivity index (χ1n) is 6.26. The summed E-state index contributed by atoms with van der Waals surface area (Å²) >= 11 is 9.55. The topological polar surface area (TPSA) is 9.23 Å². The van der Waals surface area contributed by atoms with Gasteiger partial charge < -0.3 is 4.74 Å². The molecule has 1 atom stereocenters. The quantitative estimate of drug-likeness (QED) is 0.700. The zero-order valence-electron chi connectivity index (χ0n) is 9.87. The normalized spacial score (nSPS) is 19.2. The maximum absolute atomic E-state index is 6.18. The van der Waals surface area contributed by atoms with Gasteiger partial charge in [0.05, 0.1) is 12.2 Å². The summed E-state index contributed by atoms with van der Waals surface area (Å²) in [7, 11) is 0. The third kappa shape index (κ3) is 3.97. The Morgan fingerprint density at radius 3 is 2.71 bits per heavy atom. The maximum atomic E-state index is 6.18. The number of alkyl halides is 1. The van der Waals surface area contributed by atoms with E-state index in [0.717, 1.165) is 10.4 Å². The van der Waals surface area contributed by atoms with Crippen LogP contribution < -0.4 is 0 Å². The number of halogens is 2. The highest BCUT2D eigenvalue weighted by atomic mass is 79.9. The predicted molar refractivity (Wildman–Crippen MR) is 75.9 cm³/mol. The molecule has 3 heteroatoms. The van der Waals surface area contributed by atoms with E-state index in [0.29, 0.717) is 6.10 Å². The Bertz CT molecular complexity index is 350. The standard InChI is InChI=1S/C14H18BrClO/c15-10-14(11-5-4-6-12(16)9-11)17-13-7-2-1-3-8-13/h4-6,9,13-14H,1-3,7-8,10H2. The fourth-order valence-corrected chi connectivity index (χ4v) is 3.07. The number of benzene rings is 1. The van der Waals surface area contributed by atoms with Gasteiger partial charge in [0.25, 0.3) is 0 Å². The average molecular weight is 318 g/mol. The predicted octanol–water partition coefficient (Wildman–Crippen LogP) is 5.13. The highest BCUT2D eigenvalue weighted by molar-refractivity contribution is 9.09. The zero-order valence-corrected chi connectivity index (χ0v) is 12.2. The van der Waals surface area contributed by atoms with E-state index in [1.165, 1.54) is 37.7 Å². The molecule has 0 bridgehead atoms. The van der Waals surface area contributed by atoms with Crippen molar-refractivity contribution in [3.05, 3.63) is 34.9 Å². The summed E-state index contributed by atoms with van der Waals surface area (Å²) in [6.45, 7) is 0. The lowest BCUT2D eigenvalue weighted by atomic mass is 9.97. The summed E-state index contributed by atoms with van der Waals surface area (Å²) in [5.74, 6) is 0. The van der Waals surface area contributed by atoms with Crippen LogP contribution in [0.3, 0.4) is 0 Å². The molecule has 2 rings (SSSR count). The first kappa shape index (κ1) is 13.4. The van der Waals surface area contributed by atoms with Crippen LogP contribution in [0, 0.1) is 0 Å². The molecule has 1 fully saturated rings. The summed E-state index contributed by atoms with van der Waals surface area (Å²) in [5.41, 5.74) is 1.17. The number of rotatable bonds is 4. The zero-order chi connectivity index (χ0) is 12.1. The van der Waals surface area contributed by atoms with E-state index in [1.807, 2.05) is 18.2 Å². The maximum Gasteiger partial charge on any atom is 0.0925 e. The molecule has 0 spiro atoms. The Balaban J connectivity index is 2.00. The van der Waals surface area contributed by atoms with Crippen LogP contribution in [0.1, 0.15) is 43.8 Å². The highest BCUT2D eigenvalue weighted by Gasteiger charge is 2.19. The van der Waals surface area contributed by atoms with Gasteiger partial charge in [-0.05, 0) is 30.5 Å². The van der Waals surface area contributed by atoms with Crippen molar-refractivity contribution in [2.75, 3.05) is 5.33 Å². The van der Waals surface area contributed by atoms with Gasteiger partial charge in [-0.2, -0.15) is 0 Å². The Morgan fingerprint density at radius 2 is 2.06 bits per heavy atom. The van der Waals surface area contributed by atoms with Crippen molar-refractivity contribution in [2.24, 2.45) is 0 Å². The molecule has 0 amide bonds. The Kier molecular flexibility index (Phi) is 5.33. The molecular weight excluding hydrogens is 300 g/mol. The molecule has 0 radical (unpaired) electrons. The second-order valence-electron chi connectivity index (χ2n) is 4.59. The minimum atomic E-state index is 0.122. The van der Waals surface area contributed by atoms with E-state index >= 15 is 0 Å². The monoisotopic (exact) mass is 316 g/mol. The van der Waals surface area contributed by atoms with Crippen molar-refractivity contribution in [3.8, 4) is 0 Å². The van der Waals surface area contributed by atoms with Crippen molar-refractivity contribution >= 4 is 27.5 Å².